The van der Waals surface area contributed by atoms with Gasteiger partial charge in [-0.3, -0.25) is 0 Å². The lowest BCUT2D eigenvalue weighted by Crippen LogP contribution is -2.11. The van der Waals surface area contributed by atoms with Crippen LogP contribution >= 0.6 is 11.9 Å². The quantitative estimate of drug-likeness (QED) is 0.600. The van der Waals surface area contributed by atoms with Gasteiger partial charge in [0.15, 0.2) is 0 Å². The van der Waals surface area contributed by atoms with Gasteiger partial charge in [-0.25, -0.2) is 0 Å². The predicted molar refractivity (Wildman–Crippen MR) is 82.6 cm³/mol. The van der Waals surface area contributed by atoms with Crippen molar-refractivity contribution in [2.75, 3.05) is 0 Å². The smallest absolute Gasteiger partial charge is 0.0437 e. The molecule has 0 saturated carbocycles. The molecule has 0 atom stereocenters. The monoisotopic (exact) mass is 259 g/mol. The molecule has 96 valence electrons. The van der Waals surface area contributed by atoms with Crippen molar-refractivity contribution in [1.29, 1.82) is 0 Å². The van der Waals surface area contributed by atoms with Crippen LogP contribution in [0.1, 0.15) is 26.3 Å². The third kappa shape index (κ3) is 4.46. The maximum Gasteiger partial charge on any atom is 0.0437 e. The van der Waals surface area contributed by atoms with Crippen LogP contribution in [-0.4, -0.2) is 0 Å². The lowest BCUT2D eigenvalue weighted by Gasteiger charge is -2.19. The van der Waals surface area contributed by atoms with Crippen LogP contribution in [0.4, 0.5) is 0 Å². The minimum Gasteiger partial charge on any atom is -0.326 e. The molecule has 1 N–H and O–H groups in total. The van der Waals surface area contributed by atoms with Crippen LogP contribution in [0.5, 0.6) is 0 Å². The lowest BCUT2D eigenvalue weighted by atomic mass is 9.87. The van der Waals surface area contributed by atoms with Gasteiger partial charge in [0.05, 0.1) is 0 Å². The average molecular weight is 259 g/mol. The zero-order valence-electron chi connectivity index (χ0n) is 11.4. The van der Waals surface area contributed by atoms with E-state index in [0.717, 1.165) is 5.70 Å². The van der Waals surface area contributed by atoms with E-state index in [-0.39, 0.29) is 5.41 Å². The van der Waals surface area contributed by atoms with Crippen molar-refractivity contribution in [2.24, 2.45) is 0 Å². The molecule has 0 aliphatic heterocycles. The molecule has 0 radical (unpaired) electrons. The molecular weight excluding hydrogens is 238 g/mol. The molecule has 0 heterocycles. The standard InChI is InChI=1S/C16H21NS/c1-6-9-14(7-2)17-18-15-11-8-10-13(12-15)16(3,4)5/h6-12,17H,1-2H2,3-5H3/b14-9+. The van der Waals surface area contributed by atoms with Crippen LogP contribution in [0, 0.1) is 0 Å². The van der Waals surface area contributed by atoms with E-state index < -0.39 is 0 Å². The predicted octanol–water partition coefficient (Wildman–Crippen LogP) is 4.84. The average Bonchev–Trinajstić information content (AvgIpc) is 2.34. The molecule has 0 fully saturated rings. The fourth-order valence-corrected chi connectivity index (χ4v) is 2.13. The fourth-order valence-electron chi connectivity index (χ4n) is 1.41. The van der Waals surface area contributed by atoms with Gasteiger partial charge in [-0.15, -0.1) is 0 Å². The van der Waals surface area contributed by atoms with Crippen molar-refractivity contribution in [3.63, 3.8) is 0 Å². The van der Waals surface area contributed by atoms with Gasteiger partial charge >= 0.3 is 0 Å². The van der Waals surface area contributed by atoms with E-state index in [4.69, 9.17) is 0 Å². The molecular formula is C16H21NS. The summed E-state index contributed by atoms with van der Waals surface area (Å²) < 4.78 is 3.25. The van der Waals surface area contributed by atoms with Crippen LogP contribution in [0.2, 0.25) is 0 Å². The van der Waals surface area contributed by atoms with Gasteiger partial charge in [-0.05, 0) is 47.2 Å². The van der Waals surface area contributed by atoms with Crippen molar-refractivity contribution in [3.05, 3.63) is 66.9 Å². The van der Waals surface area contributed by atoms with Gasteiger partial charge < -0.3 is 4.72 Å². The largest absolute Gasteiger partial charge is 0.326 e. The van der Waals surface area contributed by atoms with Gasteiger partial charge in [0.25, 0.3) is 0 Å². The Morgan fingerprint density at radius 2 is 2.00 bits per heavy atom. The topological polar surface area (TPSA) is 12.0 Å². The Labute approximate surface area is 115 Å². The first kappa shape index (κ1) is 14.7. The summed E-state index contributed by atoms with van der Waals surface area (Å²) in [6.07, 6.45) is 5.42. The molecule has 0 unspecified atom stereocenters. The van der Waals surface area contributed by atoms with E-state index in [9.17, 15) is 0 Å². The minimum atomic E-state index is 0.175. The Hall–Kier alpha value is -1.41. The molecule has 0 aliphatic carbocycles. The van der Waals surface area contributed by atoms with Crippen LogP contribution in [0.15, 0.2) is 66.2 Å². The molecule has 0 saturated heterocycles. The Morgan fingerprint density at radius 3 is 2.56 bits per heavy atom. The maximum atomic E-state index is 3.76. The molecule has 0 spiro atoms. The molecule has 2 heteroatoms. The zero-order chi connectivity index (χ0) is 13.6. The first-order chi connectivity index (χ1) is 8.47. The van der Waals surface area contributed by atoms with Gasteiger partial charge in [0, 0.05) is 10.6 Å². The van der Waals surface area contributed by atoms with Crippen LogP contribution in [0.3, 0.4) is 0 Å². The van der Waals surface area contributed by atoms with E-state index in [1.807, 2.05) is 6.08 Å². The summed E-state index contributed by atoms with van der Waals surface area (Å²) in [6, 6.07) is 8.57. The summed E-state index contributed by atoms with van der Waals surface area (Å²) in [5.74, 6) is 0. The summed E-state index contributed by atoms with van der Waals surface area (Å²) >= 11 is 1.59. The molecule has 1 rings (SSSR count). The Kier molecular flexibility index (Phi) is 5.29. The van der Waals surface area contributed by atoms with E-state index in [1.165, 1.54) is 10.5 Å². The highest BCUT2D eigenvalue weighted by molar-refractivity contribution is 7.97. The highest BCUT2D eigenvalue weighted by atomic mass is 32.2. The number of hydrogen-bond acceptors (Lipinski definition) is 2. The highest BCUT2D eigenvalue weighted by Crippen LogP contribution is 2.26. The third-order valence-corrected chi connectivity index (χ3v) is 3.33. The van der Waals surface area contributed by atoms with Crippen molar-refractivity contribution < 1.29 is 0 Å². The van der Waals surface area contributed by atoms with Gasteiger partial charge in [-0.2, -0.15) is 0 Å². The van der Waals surface area contributed by atoms with E-state index in [2.05, 4.69) is 62.9 Å². The van der Waals surface area contributed by atoms with Crippen molar-refractivity contribution in [2.45, 2.75) is 31.1 Å². The summed E-state index contributed by atoms with van der Waals surface area (Å²) in [4.78, 5) is 1.19. The molecule has 0 aliphatic rings. The molecule has 18 heavy (non-hydrogen) atoms. The first-order valence-corrected chi connectivity index (χ1v) is 6.77. The number of rotatable bonds is 5. The molecule has 0 amide bonds. The number of benzene rings is 1. The van der Waals surface area contributed by atoms with Crippen molar-refractivity contribution >= 4 is 11.9 Å². The first-order valence-electron chi connectivity index (χ1n) is 5.96. The summed E-state index contributed by atoms with van der Waals surface area (Å²) in [5.41, 5.74) is 2.47. The molecule has 0 bridgehead atoms. The fraction of sp³-hybridized carbons (Fsp3) is 0.250. The number of nitrogens with one attached hydrogen (secondary N) is 1. The SMILES string of the molecule is C=C/C=C(\C=C)NSc1cccc(C(C)(C)C)c1. The summed E-state index contributed by atoms with van der Waals surface area (Å²) in [7, 11) is 0. The highest BCUT2D eigenvalue weighted by Gasteiger charge is 2.13. The molecule has 1 aromatic carbocycles. The molecule has 1 nitrogen and oxygen atoms in total. The van der Waals surface area contributed by atoms with E-state index >= 15 is 0 Å². The maximum absolute atomic E-state index is 3.76. The number of allylic oxidation sites excluding steroid dienone is 3. The normalized spacial score (nSPS) is 12.1. The second-order valence-electron chi connectivity index (χ2n) is 5.04. The second-order valence-corrected chi connectivity index (χ2v) is 5.92. The van der Waals surface area contributed by atoms with Crippen LogP contribution < -0.4 is 4.72 Å². The molecule has 0 aromatic heterocycles. The third-order valence-electron chi connectivity index (χ3n) is 2.50. The Bertz CT molecular complexity index is 452. The second kappa shape index (κ2) is 6.50. The summed E-state index contributed by atoms with van der Waals surface area (Å²) in [5, 5.41) is 0. The Morgan fingerprint density at radius 1 is 1.28 bits per heavy atom. The van der Waals surface area contributed by atoms with Gasteiger partial charge in [-0.1, -0.05) is 52.1 Å². The van der Waals surface area contributed by atoms with Gasteiger partial charge in [0.1, 0.15) is 0 Å². The van der Waals surface area contributed by atoms with Crippen LogP contribution in [-0.2, 0) is 5.41 Å². The van der Waals surface area contributed by atoms with E-state index in [0.29, 0.717) is 0 Å². The van der Waals surface area contributed by atoms with Crippen LogP contribution in [0.25, 0.3) is 0 Å². The van der Waals surface area contributed by atoms with Crippen molar-refractivity contribution in [3.8, 4) is 0 Å². The van der Waals surface area contributed by atoms with Gasteiger partial charge in [0.2, 0.25) is 0 Å². The minimum absolute atomic E-state index is 0.175. The van der Waals surface area contributed by atoms with Crippen molar-refractivity contribution in [1.82, 2.24) is 4.72 Å². The lowest BCUT2D eigenvalue weighted by molar-refractivity contribution is 0.588. The summed E-state index contributed by atoms with van der Waals surface area (Å²) in [6.45, 7) is 14.1. The van der Waals surface area contributed by atoms with E-state index in [1.54, 1.807) is 24.1 Å². The molecule has 1 aromatic rings. The number of hydrogen-bond donors (Lipinski definition) is 1. The zero-order valence-corrected chi connectivity index (χ0v) is 12.2. The Balaban J connectivity index is 2.77.